The lowest BCUT2D eigenvalue weighted by Gasteiger charge is -2.28. The van der Waals surface area contributed by atoms with Gasteiger partial charge in [-0.1, -0.05) is 0 Å². The van der Waals surface area contributed by atoms with Crippen LogP contribution < -0.4 is 10.1 Å². The molecule has 1 aromatic heterocycles. The highest BCUT2D eigenvalue weighted by molar-refractivity contribution is 6.18. The van der Waals surface area contributed by atoms with E-state index in [4.69, 9.17) is 16.3 Å². The number of nitrogens with one attached hydrogen (secondary N) is 1. The Morgan fingerprint density at radius 1 is 1.29 bits per heavy atom. The zero-order valence-electron chi connectivity index (χ0n) is 12.6. The lowest BCUT2D eigenvalue weighted by molar-refractivity contribution is -0.121. The maximum Gasteiger partial charge on any atom is 0.317 e. The van der Waals surface area contributed by atoms with Crippen molar-refractivity contribution in [2.45, 2.75) is 58.1 Å². The monoisotopic (exact) mass is 311 g/mol. The number of hydrogen-bond acceptors (Lipinski definition) is 4. The number of ether oxygens (including phenoxy) is 1. The number of aromatic nitrogens is 2. The van der Waals surface area contributed by atoms with Crippen LogP contribution in [0, 0.1) is 13.8 Å². The second kappa shape index (κ2) is 7.59. The fraction of sp³-hybridized carbons (Fsp3) is 0.667. The number of aryl methyl sites for hydroxylation is 2. The third-order valence-corrected chi connectivity index (χ3v) is 3.78. The standard InChI is InChI=1S/C15H22ClN3O2/c1-10-9-11(2)18-15(17-10)21-13-5-3-12(4-6-13)19-14(20)7-8-16/h9,12-13H,3-8H2,1-2H3,(H,19,20). The molecule has 1 fully saturated rings. The third-order valence-electron chi connectivity index (χ3n) is 3.59. The van der Waals surface area contributed by atoms with Crippen molar-refractivity contribution in [2.75, 3.05) is 5.88 Å². The highest BCUT2D eigenvalue weighted by Crippen LogP contribution is 2.22. The quantitative estimate of drug-likeness (QED) is 0.849. The summed E-state index contributed by atoms with van der Waals surface area (Å²) in [6.07, 6.45) is 4.17. The molecule has 116 valence electrons. The molecule has 21 heavy (non-hydrogen) atoms. The Morgan fingerprint density at radius 3 is 2.48 bits per heavy atom. The summed E-state index contributed by atoms with van der Waals surface area (Å²) >= 11 is 5.56. The molecular formula is C15H22ClN3O2. The van der Waals surface area contributed by atoms with Gasteiger partial charge < -0.3 is 10.1 Å². The third kappa shape index (κ3) is 5.16. The molecule has 1 amide bonds. The Labute approximate surface area is 130 Å². The van der Waals surface area contributed by atoms with E-state index in [2.05, 4.69) is 15.3 Å². The highest BCUT2D eigenvalue weighted by atomic mass is 35.5. The number of hydrogen-bond donors (Lipinski definition) is 1. The molecular weight excluding hydrogens is 290 g/mol. The molecule has 0 radical (unpaired) electrons. The molecule has 1 N–H and O–H groups in total. The van der Waals surface area contributed by atoms with Gasteiger partial charge in [-0.2, -0.15) is 0 Å². The van der Waals surface area contributed by atoms with Crippen molar-refractivity contribution >= 4 is 17.5 Å². The molecule has 2 rings (SSSR count). The van der Waals surface area contributed by atoms with Crippen molar-refractivity contribution in [3.63, 3.8) is 0 Å². The maximum atomic E-state index is 11.5. The second-order valence-corrected chi connectivity index (χ2v) is 5.91. The minimum absolute atomic E-state index is 0.0343. The van der Waals surface area contributed by atoms with Gasteiger partial charge in [0.15, 0.2) is 0 Å². The molecule has 1 heterocycles. The van der Waals surface area contributed by atoms with Crippen molar-refractivity contribution in [2.24, 2.45) is 0 Å². The molecule has 0 atom stereocenters. The molecule has 0 spiro atoms. The molecule has 1 aromatic rings. The number of amides is 1. The van der Waals surface area contributed by atoms with Crippen molar-refractivity contribution in [1.29, 1.82) is 0 Å². The van der Waals surface area contributed by atoms with E-state index in [-0.39, 0.29) is 18.1 Å². The first kappa shape index (κ1) is 16.0. The van der Waals surface area contributed by atoms with Crippen LogP contribution in [0.15, 0.2) is 6.07 Å². The van der Waals surface area contributed by atoms with Gasteiger partial charge in [0, 0.05) is 29.7 Å². The van der Waals surface area contributed by atoms with Gasteiger partial charge in [-0.25, -0.2) is 9.97 Å². The molecule has 5 nitrogen and oxygen atoms in total. The van der Waals surface area contributed by atoms with Gasteiger partial charge in [0.1, 0.15) is 6.10 Å². The molecule has 0 bridgehead atoms. The molecule has 0 aromatic carbocycles. The average Bonchev–Trinajstić information content (AvgIpc) is 2.40. The number of halogens is 1. The van der Waals surface area contributed by atoms with Crippen LogP contribution in [-0.2, 0) is 4.79 Å². The van der Waals surface area contributed by atoms with E-state index < -0.39 is 0 Å². The Morgan fingerprint density at radius 2 is 1.90 bits per heavy atom. The normalized spacial score (nSPS) is 21.9. The van der Waals surface area contributed by atoms with Crippen LogP contribution >= 0.6 is 11.6 Å². The summed E-state index contributed by atoms with van der Waals surface area (Å²) in [5.41, 5.74) is 1.83. The van der Waals surface area contributed by atoms with Crippen molar-refractivity contribution in [3.05, 3.63) is 17.5 Å². The van der Waals surface area contributed by atoms with E-state index in [9.17, 15) is 4.79 Å². The van der Waals surface area contributed by atoms with Crippen LogP contribution in [0.5, 0.6) is 6.01 Å². The van der Waals surface area contributed by atoms with E-state index in [0.717, 1.165) is 37.1 Å². The molecule has 1 aliphatic rings. The first-order valence-corrected chi connectivity index (χ1v) is 7.94. The Kier molecular flexibility index (Phi) is 5.79. The Balaban J connectivity index is 1.80. The maximum absolute atomic E-state index is 11.5. The van der Waals surface area contributed by atoms with Crippen LogP contribution in [0.1, 0.15) is 43.5 Å². The summed E-state index contributed by atoms with van der Waals surface area (Å²) in [6.45, 7) is 3.87. The zero-order chi connectivity index (χ0) is 15.2. The first-order valence-electron chi connectivity index (χ1n) is 7.41. The van der Waals surface area contributed by atoms with E-state index in [1.165, 1.54) is 0 Å². The van der Waals surface area contributed by atoms with Crippen LogP contribution in [0.3, 0.4) is 0 Å². The summed E-state index contributed by atoms with van der Waals surface area (Å²) in [5, 5.41) is 3.01. The van der Waals surface area contributed by atoms with Crippen molar-refractivity contribution < 1.29 is 9.53 Å². The SMILES string of the molecule is Cc1cc(C)nc(OC2CCC(NC(=O)CCCl)CC2)n1. The minimum Gasteiger partial charge on any atom is -0.460 e. The predicted molar refractivity (Wildman–Crippen MR) is 81.7 cm³/mol. The minimum atomic E-state index is 0.0343. The van der Waals surface area contributed by atoms with E-state index in [0.29, 0.717) is 18.3 Å². The Hall–Kier alpha value is -1.36. The summed E-state index contributed by atoms with van der Waals surface area (Å²) in [7, 11) is 0. The molecule has 0 unspecified atom stereocenters. The smallest absolute Gasteiger partial charge is 0.317 e. The lowest BCUT2D eigenvalue weighted by Crippen LogP contribution is -2.39. The van der Waals surface area contributed by atoms with Gasteiger partial charge in [-0.3, -0.25) is 4.79 Å². The van der Waals surface area contributed by atoms with Gasteiger partial charge in [0.05, 0.1) is 0 Å². The molecule has 0 saturated heterocycles. The van der Waals surface area contributed by atoms with E-state index in [1.54, 1.807) is 0 Å². The summed E-state index contributed by atoms with van der Waals surface area (Å²) < 4.78 is 5.86. The largest absolute Gasteiger partial charge is 0.460 e. The number of carbonyl (C=O) groups is 1. The fourth-order valence-electron chi connectivity index (χ4n) is 2.61. The van der Waals surface area contributed by atoms with Crippen LogP contribution in [-0.4, -0.2) is 33.9 Å². The lowest BCUT2D eigenvalue weighted by atomic mass is 9.93. The summed E-state index contributed by atoms with van der Waals surface area (Å²) in [6, 6.07) is 2.62. The summed E-state index contributed by atoms with van der Waals surface area (Å²) in [5.74, 6) is 0.404. The number of rotatable bonds is 5. The highest BCUT2D eigenvalue weighted by Gasteiger charge is 2.24. The van der Waals surface area contributed by atoms with Gasteiger partial charge in [0.25, 0.3) is 0 Å². The number of alkyl halides is 1. The van der Waals surface area contributed by atoms with Crippen LogP contribution in [0.25, 0.3) is 0 Å². The van der Waals surface area contributed by atoms with E-state index >= 15 is 0 Å². The van der Waals surface area contributed by atoms with Gasteiger partial charge >= 0.3 is 6.01 Å². The van der Waals surface area contributed by atoms with Crippen LogP contribution in [0.4, 0.5) is 0 Å². The zero-order valence-corrected chi connectivity index (χ0v) is 13.3. The number of nitrogens with zero attached hydrogens (tertiary/aromatic N) is 2. The van der Waals surface area contributed by atoms with Gasteiger partial charge in [-0.05, 0) is 45.6 Å². The van der Waals surface area contributed by atoms with Gasteiger partial charge in [-0.15, -0.1) is 11.6 Å². The first-order chi connectivity index (χ1) is 10.1. The molecule has 0 aliphatic heterocycles. The topological polar surface area (TPSA) is 64.1 Å². The Bertz CT molecular complexity index is 468. The molecule has 6 heteroatoms. The molecule has 1 saturated carbocycles. The average molecular weight is 312 g/mol. The van der Waals surface area contributed by atoms with E-state index in [1.807, 2.05) is 19.9 Å². The summed E-state index contributed by atoms with van der Waals surface area (Å²) in [4.78, 5) is 20.1. The van der Waals surface area contributed by atoms with Crippen molar-refractivity contribution in [1.82, 2.24) is 15.3 Å². The van der Waals surface area contributed by atoms with Crippen LogP contribution in [0.2, 0.25) is 0 Å². The van der Waals surface area contributed by atoms with Gasteiger partial charge in [0.2, 0.25) is 5.91 Å². The van der Waals surface area contributed by atoms with Crippen molar-refractivity contribution in [3.8, 4) is 6.01 Å². The second-order valence-electron chi connectivity index (χ2n) is 5.53. The number of carbonyl (C=O) groups excluding carboxylic acids is 1. The predicted octanol–water partition coefficient (Wildman–Crippen LogP) is 2.53. The molecule has 1 aliphatic carbocycles. The fourth-order valence-corrected chi connectivity index (χ4v) is 2.78.